The summed E-state index contributed by atoms with van der Waals surface area (Å²) in [6.45, 7) is 7.41. The summed E-state index contributed by atoms with van der Waals surface area (Å²) >= 11 is 0. The molecule has 2 rings (SSSR count). The van der Waals surface area contributed by atoms with E-state index in [0.29, 0.717) is 30.6 Å². The quantitative estimate of drug-likeness (QED) is 0.258. The topological polar surface area (TPSA) is 84.0 Å². The summed E-state index contributed by atoms with van der Waals surface area (Å²) in [5.74, 6) is 2.02. The molecule has 0 radical (unpaired) electrons. The van der Waals surface area contributed by atoms with Crippen molar-refractivity contribution in [3.8, 4) is 11.5 Å². The first kappa shape index (κ1) is 25.5. The Morgan fingerprint density at radius 2 is 1.70 bits per heavy atom. The van der Waals surface area contributed by atoms with E-state index < -0.39 is 0 Å². The number of carbonyl (C=O) groups is 1. The number of methoxy groups -OCH3 is 1. The third-order valence-corrected chi connectivity index (χ3v) is 4.02. The molecular formula is C22H31IN4O3. The molecule has 3 N–H and O–H groups in total. The highest BCUT2D eigenvalue weighted by molar-refractivity contribution is 14.0. The van der Waals surface area contributed by atoms with Crippen molar-refractivity contribution in [2.75, 3.05) is 37.4 Å². The van der Waals surface area contributed by atoms with Crippen molar-refractivity contribution in [1.82, 2.24) is 5.32 Å². The van der Waals surface area contributed by atoms with Gasteiger partial charge in [-0.05, 0) is 50.1 Å². The second-order valence-corrected chi connectivity index (χ2v) is 6.31. The van der Waals surface area contributed by atoms with Crippen LogP contribution in [0, 0.1) is 0 Å². The standard InChI is InChI=1S/C22H30N4O3.HI/c1-5-23-22(26-19-11-12-20(28-4)21(15-19)29-6-2)24-14-13-17-7-9-18(10-8-17)25-16(3)27;/h7-12,15H,5-6,13-14H2,1-4H3,(H,25,27)(H2,23,24,26);1H. The van der Waals surface area contributed by atoms with Gasteiger partial charge in [-0.2, -0.15) is 0 Å². The van der Waals surface area contributed by atoms with E-state index in [9.17, 15) is 4.79 Å². The predicted octanol–water partition coefficient (Wildman–Crippen LogP) is 4.29. The van der Waals surface area contributed by atoms with E-state index in [1.54, 1.807) is 7.11 Å². The third kappa shape index (κ3) is 8.48. The largest absolute Gasteiger partial charge is 0.493 e. The van der Waals surface area contributed by atoms with Crippen molar-refractivity contribution in [2.24, 2.45) is 4.99 Å². The number of nitrogens with one attached hydrogen (secondary N) is 3. The molecule has 0 atom stereocenters. The fourth-order valence-corrected chi connectivity index (χ4v) is 2.72. The van der Waals surface area contributed by atoms with Crippen molar-refractivity contribution >= 4 is 47.2 Å². The van der Waals surface area contributed by atoms with Crippen LogP contribution in [0.4, 0.5) is 11.4 Å². The SMILES string of the molecule is CCNC(=NCCc1ccc(NC(C)=O)cc1)Nc1ccc(OC)c(OCC)c1.I. The molecule has 30 heavy (non-hydrogen) atoms. The molecule has 0 aliphatic rings. The summed E-state index contributed by atoms with van der Waals surface area (Å²) in [5, 5.41) is 9.32. The average Bonchev–Trinajstić information content (AvgIpc) is 2.69. The lowest BCUT2D eigenvalue weighted by molar-refractivity contribution is -0.114. The molecule has 0 spiro atoms. The van der Waals surface area contributed by atoms with Gasteiger partial charge in [0.15, 0.2) is 17.5 Å². The smallest absolute Gasteiger partial charge is 0.221 e. The summed E-state index contributed by atoms with van der Waals surface area (Å²) in [6, 6.07) is 13.5. The van der Waals surface area contributed by atoms with Crippen LogP contribution in [-0.4, -0.2) is 38.7 Å². The molecular weight excluding hydrogens is 495 g/mol. The first-order valence-electron chi connectivity index (χ1n) is 9.78. The molecule has 164 valence electrons. The van der Waals surface area contributed by atoms with E-state index in [0.717, 1.165) is 29.9 Å². The minimum atomic E-state index is -0.0743. The molecule has 2 aromatic carbocycles. The van der Waals surface area contributed by atoms with Gasteiger partial charge in [0.1, 0.15) is 0 Å². The van der Waals surface area contributed by atoms with Crippen molar-refractivity contribution < 1.29 is 14.3 Å². The fourth-order valence-electron chi connectivity index (χ4n) is 2.72. The van der Waals surface area contributed by atoms with E-state index in [1.807, 2.05) is 56.3 Å². The van der Waals surface area contributed by atoms with Crippen LogP contribution in [0.1, 0.15) is 26.3 Å². The van der Waals surface area contributed by atoms with Gasteiger partial charge in [0.05, 0.1) is 13.7 Å². The van der Waals surface area contributed by atoms with E-state index in [-0.39, 0.29) is 29.9 Å². The van der Waals surface area contributed by atoms with Gasteiger partial charge < -0.3 is 25.4 Å². The summed E-state index contributed by atoms with van der Waals surface area (Å²) in [7, 11) is 1.62. The second kappa shape index (κ2) is 13.7. The van der Waals surface area contributed by atoms with Gasteiger partial charge >= 0.3 is 0 Å². The Labute approximate surface area is 195 Å². The fraction of sp³-hybridized carbons (Fsp3) is 0.364. The van der Waals surface area contributed by atoms with Crippen molar-refractivity contribution in [3.05, 3.63) is 48.0 Å². The first-order chi connectivity index (χ1) is 14.0. The number of amides is 1. The maximum absolute atomic E-state index is 11.1. The first-order valence-corrected chi connectivity index (χ1v) is 9.78. The molecule has 8 heteroatoms. The Bertz CT molecular complexity index is 826. The molecule has 1 amide bonds. The van der Waals surface area contributed by atoms with Crippen molar-refractivity contribution in [2.45, 2.75) is 27.2 Å². The predicted molar refractivity (Wildman–Crippen MR) is 134 cm³/mol. The highest BCUT2D eigenvalue weighted by Crippen LogP contribution is 2.30. The minimum Gasteiger partial charge on any atom is -0.493 e. The average molecular weight is 526 g/mol. The molecule has 0 aliphatic carbocycles. The zero-order valence-corrected chi connectivity index (χ0v) is 20.3. The van der Waals surface area contributed by atoms with Gasteiger partial charge in [0.2, 0.25) is 5.91 Å². The van der Waals surface area contributed by atoms with Gasteiger partial charge in [-0.3, -0.25) is 9.79 Å². The van der Waals surface area contributed by atoms with Gasteiger partial charge in [-0.1, -0.05) is 12.1 Å². The van der Waals surface area contributed by atoms with Crippen LogP contribution in [0.2, 0.25) is 0 Å². The zero-order chi connectivity index (χ0) is 21.1. The number of aliphatic imine (C=N–C) groups is 1. The monoisotopic (exact) mass is 526 g/mol. The van der Waals surface area contributed by atoms with Gasteiger partial charge in [0.25, 0.3) is 0 Å². The van der Waals surface area contributed by atoms with Crippen LogP contribution in [-0.2, 0) is 11.2 Å². The van der Waals surface area contributed by atoms with Crippen LogP contribution >= 0.6 is 24.0 Å². The van der Waals surface area contributed by atoms with Gasteiger partial charge in [-0.15, -0.1) is 24.0 Å². The summed E-state index contributed by atoms with van der Waals surface area (Å²) in [6.07, 6.45) is 0.795. The summed E-state index contributed by atoms with van der Waals surface area (Å²) in [5.41, 5.74) is 2.82. The Balaban J connectivity index is 0.00000450. The van der Waals surface area contributed by atoms with E-state index in [1.165, 1.54) is 6.92 Å². The number of anilines is 2. The van der Waals surface area contributed by atoms with Crippen LogP contribution < -0.4 is 25.4 Å². The van der Waals surface area contributed by atoms with Gasteiger partial charge in [0, 0.05) is 37.5 Å². The molecule has 2 aromatic rings. The Morgan fingerprint density at radius 1 is 1.00 bits per heavy atom. The number of hydrogen-bond acceptors (Lipinski definition) is 4. The molecule has 0 heterocycles. The highest BCUT2D eigenvalue weighted by Gasteiger charge is 2.07. The molecule has 7 nitrogen and oxygen atoms in total. The molecule has 0 bridgehead atoms. The minimum absolute atomic E-state index is 0. The number of nitrogens with zero attached hydrogens (tertiary/aromatic N) is 1. The second-order valence-electron chi connectivity index (χ2n) is 6.31. The van der Waals surface area contributed by atoms with Gasteiger partial charge in [-0.25, -0.2) is 0 Å². The van der Waals surface area contributed by atoms with Crippen molar-refractivity contribution in [1.29, 1.82) is 0 Å². The van der Waals surface area contributed by atoms with Crippen LogP contribution in [0.15, 0.2) is 47.5 Å². The number of carbonyl (C=O) groups excluding carboxylic acids is 1. The molecule has 0 aromatic heterocycles. The Hall–Kier alpha value is -2.49. The summed E-state index contributed by atoms with van der Waals surface area (Å²) in [4.78, 5) is 15.7. The lowest BCUT2D eigenvalue weighted by atomic mass is 10.1. The zero-order valence-electron chi connectivity index (χ0n) is 18.0. The van der Waals surface area contributed by atoms with E-state index in [4.69, 9.17) is 9.47 Å². The summed E-state index contributed by atoms with van der Waals surface area (Å²) < 4.78 is 11.0. The van der Waals surface area contributed by atoms with Crippen LogP contribution in [0.5, 0.6) is 11.5 Å². The highest BCUT2D eigenvalue weighted by atomic mass is 127. The van der Waals surface area contributed by atoms with Crippen LogP contribution in [0.25, 0.3) is 0 Å². The molecule has 0 aliphatic heterocycles. The maximum Gasteiger partial charge on any atom is 0.221 e. The molecule has 0 unspecified atom stereocenters. The van der Waals surface area contributed by atoms with E-state index in [2.05, 4.69) is 20.9 Å². The lowest BCUT2D eigenvalue weighted by Crippen LogP contribution is -2.30. The molecule has 0 saturated carbocycles. The number of guanidine groups is 1. The Morgan fingerprint density at radius 3 is 2.30 bits per heavy atom. The molecule has 0 fully saturated rings. The number of benzene rings is 2. The molecule has 0 saturated heterocycles. The van der Waals surface area contributed by atoms with Crippen molar-refractivity contribution in [3.63, 3.8) is 0 Å². The number of hydrogen-bond donors (Lipinski definition) is 3. The number of halogens is 1. The number of ether oxygens (including phenoxy) is 2. The Kier molecular flexibility index (Phi) is 11.7. The maximum atomic E-state index is 11.1. The normalized spacial score (nSPS) is 10.6. The van der Waals surface area contributed by atoms with E-state index >= 15 is 0 Å². The third-order valence-electron chi connectivity index (χ3n) is 4.02. The number of rotatable bonds is 9. The van der Waals surface area contributed by atoms with Crippen LogP contribution in [0.3, 0.4) is 0 Å². The lowest BCUT2D eigenvalue weighted by Gasteiger charge is -2.14.